The zero-order valence-electron chi connectivity index (χ0n) is 14.3. The Morgan fingerprint density at radius 3 is 2.24 bits per heavy atom. The first-order valence-electron chi connectivity index (χ1n) is 8.12. The van der Waals surface area contributed by atoms with E-state index in [0.29, 0.717) is 11.6 Å². The molecule has 1 saturated heterocycles. The molecule has 1 heterocycles. The summed E-state index contributed by atoms with van der Waals surface area (Å²) in [6.45, 7) is 14.9. The van der Waals surface area contributed by atoms with Crippen molar-refractivity contribution in [3.8, 4) is 0 Å². The molecule has 0 spiro atoms. The van der Waals surface area contributed by atoms with Gasteiger partial charge in [0, 0.05) is 44.3 Å². The van der Waals surface area contributed by atoms with Crippen LogP contribution < -0.4 is 5.32 Å². The zero-order chi connectivity index (χ0) is 15.5. The zero-order valence-corrected chi connectivity index (χ0v) is 14.3. The number of hydrogen-bond donors (Lipinski definition) is 1. The molecule has 0 bridgehead atoms. The SMILES string of the molecule is CNC(CN1CCN(C(C)(C)C)CC1)c1ccccc1C. The minimum absolute atomic E-state index is 0.296. The Morgan fingerprint density at radius 1 is 1.10 bits per heavy atom. The van der Waals surface area contributed by atoms with Gasteiger partial charge in [-0.05, 0) is 45.9 Å². The molecule has 21 heavy (non-hydrogen) atoms. The van der Waals surface area contributed by atoms with Crippen LogP contribution in [0, 0.1) is 6.92 Å². The van der Waals surface area contributed by atoms with E-state index in [1.165, 1.54) is 37.3 Å². The Balaban J connectivity index is 1.94. The monoisotopic (exact) mass is 289 g/mol. The van der Waals surface area contributed by atoms with Crippen molar-refractivity contribution >= 4 is 0 Å². The molecule has 0 saturated carbocycles. The van der Waals surface area contributed by atoms with Crippen molar-refractivity contribution in [3.05, 3.63) is 35.4 Å². The third-order valence-corrected chi connectivity index (χ3v) is 4.67. The summed E-state index contributed by atoms with van der Waals surface area (Å²) in [6.07, 6.45) is 0. The highest BCUT2D eigenvalue weighted by Crippen LogP contribution is 2.20. The quantitative estimate of drug-likeness (QED) is 0.919. The molecule has 1 aliphatic rings. The van der Waals surface area contributed by atoms with E-state index >= 15 is 0 Å². The molecule has 0 aromatic heterocycles. The van der Waals surface area contributed by atoms with E-state index in [1.807, 2.05) is 0 Å². The molecular weight excluding hydrogens is 258 g/mol. The largest absolute Gasteiger partial charge is 0.312 e. The summed E-state index contributed by atoms with van der Waals surface area (Å²) in [5.74, 6) is 0. The van der Waals surface area contributed by atoms with Crippen LogP contribution >= 0.6 is 0 Å². The molecule has 2 rings (SSSR count). The lowest BCUT2D eigenvalue weighted by atomic mass is 10.00. The molecular formula is C18H31N3. The topological polar surface area (TPSA) is 18.5 Å². The van der Waals surface area contributed by atoms with E-state index in [-0.39, 0.29) is 0 Å². The summed E-state index contributed by atoms with van der Waals surface area (Å²) in [5.41, 5.74) is 3.10. The maximum atomic E-state index is 3.49. The Hall–Kier alpha value is -0.900. The van der Waals surface area contributed by atoms with E-state index in [9.17, 15) is 0 Å². The van der Waals surface area contributed by atoms with Crippen molar-refractivity contribution in [1.29, 1.82) is 0 Å². The Bertz CT molecular complexity index is 442. The molecule has 0 radical (unpaired) electrons. The van der Waals surface area contributed by atoms with Gasteiger partial charge in [-0.2, -0.15) is 0 Å². The molecule has 1 atom stereocenters. The van der Waals surface area contributed by atoms with E-state index in [2.05, 4.69) is 74.1 Å². The van der Waals surface area contributed by atoms with Gasteiger partial charge in [-0.25, -0.2) is 0 Å². The number of piperazine rings is 1. The van der Waals surface area contributed by atoms with Crippen molar-refractivity contribution in [3.63, 3.8) is 0 Å². The van der Waals surface area contributed by atoms with Crippen LogP contribution in [0.25, 0.3) is 0 Å². The standard InChI is InChI=1S/C18H31N3/c1-15-8-6-7-9-16(15)17(19-5)14-20-10-12-21(13-11-20)18(2,3)4/h6-9,17,19H,10-14H2,1-5H3. The number of hydrogen-bond acceptors (Lipinski definition) is 3. The van der Waals surface area contributed by atoms with Crippen LogP contribution in [0.4, 0.5) is 0 Å². The second kappa shape index (κ2) is 6.91. The van der Waals surface area contributed by atoms with Gasteiger partial charge in [0.2, 0.25) is 0 Å². The Kier molecular flexibility index (Phi) is 5.42. The average molecular weight is 289 g/mol. The van der Waals surface area contributed by atoms with Crippen molar-refractivity contribution in [2.24, 2.45) is 0 Å². The molecule has 1 unspecified atom stereocenters. The molecule has 0 amide bonds. The Morgan fingerprint density at radius 2 is 1.71 bits per heavy atom. The molecule has 1 aliphatic heterocycles. The second-order valence-electron chi connectivity index (χ2n) is 7.16. The van der Waals surface area contributed by atoms with Gasteiger partial charge in [0.25, 0.3) is 0 Å². The summed E-state index contributed by atoms with van der Waals surface area (Å²) in [5, 5.41) is 3.49. The van der Waals surface area contributed by atoms with Crippen LogP contribution in [0.3, 0.4) is 0 Å². The lowest BCUT2D eigenvalue weighted by molar-refractivity contribution is 0.0583. The fraction of sp³-hybridized carbons (Fsp3) is 0.667. The molecule has 3 nitrogen and oxygen atoms in total. The summed E-state index contributed by atoms with van der Waals surface area (Å²) >= 11 is 0. The van der Waals surface area contributed by atoms with Gasteiger partial charge in [-0.15, -0.1) is 0 Å². The molecule has 1 aromatic rings. The fourth-order valence-electron chi connectivity index (χ4n) is 3.18. The first-order valence-corrected chi connectivity index (χ1v) is 8.12. The molecule has 1 fully saturated rings. The molecule has 1 aromatic carbocycles. The first kappa shape index (κ1) is 16.5. The second-order valence-corrected chi connectivity index (χ2v) is 7.16. The van der Waals surface area contributed by atoms with E-state index < -0.39 is 0 Å². The smallest absolute Gasteiger partial charge is 0.0449 e. The predicted molar refractivity (Wildman–Crippen MR) is 90.7 cm³/mol. The van der Waals surface area contributed by atoms with Gasteiger partial charge in [0.15, 0.2) is 0 Å². The Labute approximate surface area is 130 Å². The van der Waals surface area contributed by atoms with Gasteiger partial charge in [-0.3, -0.25) is 9.80 Å². The van der Waals surface area contributed by atoms with Crippen LogP contribution in [0.15, 0.2) is 24.3 Å². The van der Waals surface area contributed by atoms with E-state index in [1.54, 1.807) is 0 Å². The number of benzene rings is 1. The maximum absolute atomic E-state index is 3.49. The minimum atomic E-state index is 0.296. The van der Waals surface area contributed by atoms with Crippen molar-refractivity contribution in [1.82, 2.24) is 15.1 Å². The van der Waals surface area contributed by atoms with Crippen LogP contribution in [-0.4, -0.2) is 55.1 Å². The highest BCUT2D eigenvalue weighted by Gasteiger charge is 2.27. The highest BCUT2D eigenvalue weighted by atomic mass is 15.3. The van der Waals surface area contributed by atoms with E-state index in [0.717, 1.165) is 6.54 Å². The summed E-state index contributed by atoms with van der Waals surface area (Å²) in [4.78, 5) is 5.18. The third-order valence-electron chi connectivity index (χ3n) is 4.67. The van der Waals surface area contributed by atoms with Crippen molar-refractivity contribution in [2.45, 2.75) is 39.3 Å². The number of nitrogens with one attached hydrogen (secondary N) is 1. The van der Waals surface area contributed by atoms with Gasteiger partial charge in [-0.1, -0.05) is 24.3 Å². The van der Waals surface area contributed by atoms with Gasteiger partial charge >= 0.3 is 0 Å². The number of aryl methyl sites for hydroxylation is 1. The summed E-state index contributed by atoms with van der Waals surface area (Å²) in [7, 11) is 2.07. The average Bonchev–Trinajstić information content (AvgIpc) is 2.45. The molecule has 1 N–H and O–H groups in total. The number of likely N-dealkylation sites (N-methyl/N-ethyl adjacent to an activating group) is 1. The number of nitrogens with zero attached hydrogens (tertiary/aromatic N) is 2. The van der Waals surface area contributed by atoms with Crippen LogP contribution in [0.2, 0.25) is 0 Å². The van der Waals surface area contributed by atoms with Gasteiger partial charge in [0.05, 0.1) is 0 Å². The van der Waals surface area contributed by atoms with Crippen LogP contribution in [0.5, 0.6) is 0 Å². The fourth-order valence-corrected chi connectivity index (χ4v) is 3.18. The minimum Gasteiger partial charge on any atom is -0.312 e. The molecule has 3 heteroatoms. The van der Waals surface area contributed by atoms with Crippen LogP contribution in [0.1, 0.15) is 37.9 Å². The van der Waals surface area contributed by atoms with Gasteiger partial charge < -0.3 is 5.32 Å². The molecule has 0 aliphatic carbocycles. The first-order chi connectivity index (χ1) is 9.91. The normalized spacial score (nSPS) is 19.7. The summed E-state index contributed by atoms with van der Waals surface area (Å²) < 4.78 is 0. The highest BCUT2D eigenvalue weighted by molar-refractivity contribution is 5.29. The number of rotatable bonds is 4. The summed E-state index contributed by atoms with van der Waals surface area (Å²) in [6, 6.07) is 9.14. The lowest BCUT2D eigenvalue weighted by Gasteiger charge is -2.43. The van der Waals surface area contributed by atoms with Crippen molar-refractivity contribution in [2.75, 3.05) is 39.8 Å². The molecule has 118 valence electrons. The third kappa shape index (κ3) is 4.29. The van der Waals surface area contributed by atoms with E-state index in [4.69, 9.17) is 0 Å². The van der Waals surface area contributed by atoms with Crippen molar-refractivity contribution < 1.29 is 0 Å². The van der Waals surface area contributed by atoms with Gasteiger partial charge in [0.1, 0.15) is 0 Å². The predicted octanol–water partition coefficient (Wildman–Crippen LogP) is 2.67. The lowest BCUT2D eigenvalue weighted by Crippen LogP contribution is -2.54. The maximum Gasteiger partial charge on any atom is 0.0449 e. The van der Waals surface area contributed by atoms with Crippen LogP contribution in [-0.2, 0) is 0 Å².